The van der Waals surface area contributed by atoms with E-state index in [4.69, 9.17) is 22.1 Å². The molecule has 0 bridgehead atoms. The molecule has 0 aliphatic heterocycles. The molecule has 0 spiro atoms. The van der Waals surface area contributed by atoms with Crippen molar-refractivity contribution in [2.75, 3.05) is 12.8 Å². The molecule has 0 radical (unpaired) electrons. The van der Waals surface area contributed by atoms with Crippen LogP contribution in [0.5, 0.6) is 5.75 Å². The maximum atomic E-state index is 5.95. The predicted octanol–water partition coefficient (Wildman–Crippen LogP) is 3.60. The Balaban J connectivity index is 2.42. The van der Waals surface area contributed by atoms with Gasteiger partial charge in [0.05, 0.1) is 7.11 Å². The Bertz CT molecular complexity index is 474. The van der Waals surface area contributed by atoms with Gasteiger partial charge in [0, 0.05) is 10.7 Å². The number of rotatable bonds is 2. The van der Waals surface area contributed by atoms with E-state index in [9.17, 15) is 0 Å². The van der Waals surface area contributed by atoms with Gasteiger partial charge in [0.25, 0.3) is 0 Å². The third-order valence-electron chi connectivity index (χ3n) is 2.34. The van der Waals surface area contributed by atoms with Crippen molar-refractivity contribution in [3.05, 3.63) is 47.5 Å². The SMILES string of the molecule is COc1ccc(-c2cc(N)cc(Cl)c2)cc1. The van der Waals surface area contributed by atoms with Crippen molar-refractivity contribution in [1.29, 1.82) is 0 Å². The molecule has 0 unspecified atom stereocenters. The van der Waals surface area contributed by atoms with Gasteiger partial charge in [0.1, 0.15) is 5.75 Å². The average Bonchev–Trinajstić information content (AvgIpc) is 2.28. The van der Waals surface area contributed by atoms with E-state index in [1.807, 2.05) is 36.4 Å². The third-order valence-corrected chi connectivity index (χ3v) is 2.56. The van der Waals surface area contributed by atoms with E-state index >= 15 is 0 Å². The minimum absolute atomic E-state index is 0.644. The first kappa shape index (κ1) is 10.8. The lowest BCUT2D eigenvalue weighted by atomic mass is 10.1. The van der Waals surface area contributed by atoms with Crippen molar-refractivity contribution in [2.45, 2.75) is 0 Å². The molecule has 82 valence electrons. The standard InChI is InChI=1S/C13H12ClNO/c1-16-13-4-2-9(3-5-13)10-6-11(14)8-12(15)7-10/h2-8H,15H2,1H3. The average molecular weight is 234 g/mol. The Labute approximate surface area is 99.6 Å². The molecule has 0 aliphatic carbocycles. The van der Waals surface area contributed by atoms with Gasteiger partial charge in [0.2, 0.25) is 0 Å². The van der Waals surface area contributed by atoms with Gasteiger partial charge in [-0.15, -0.1) is 0 Å². The molecule has 0 amide bonds. The fourth-order valence-electron chi connectivity index (χ4n) is 1.56. The monoisotopic (exact) mass is 233 g/mol. The summed E-state index contributed by atoms with van der Waals surface area (Å²) in [4.78, 5) is 0. The van der Waals surface area contributed by atoms with E-state index in [0.717, 1.165) is 16.9 Å². The molecule has 3 heteroatoms. The molecule has 2 nitrogen and oxygen atoms in total. The molecule has 0 saturated carbocycles. The number of halogens is 1. The second-order valence-corrected chi connectivity index (χ2v) is 3.94. The van der Waals surface area contributed by atoms with Crippen LogP contribution in [0.3, 0.4) is 0 Å². The smallest absolute Gasteiger partial charge is 0.118 e. The molecule has 0 aromatic heterocycles. The van der Waals surface area contributed by atoms with Crippen LogP contribution in [0.15, 0.2) is 42.5 Å². The fraction of sp³-hybridized carbons (Fsp3) is 0.0769. The van der Waals surface area contributed by atoms with Crippen molar-refractivity contribution < 1.29 is 4.74 Å². The predicted molar refractivity (Wildman–Crippen MR) is 67.9 cm³/mol. The van der Waals surface area contributed by atoms with E-state index in [2.05, 4.69) is 0 Å². The first-order chi connectivity index (χ1) is 7.69. The lowest BCUT2D eigenvalue weighted by Gasteiger charge is -2.05. The summed E-state index contributed by atoms with van der Waals surface area (Å²) in [5.74, 6) is 0.832. The summed E-state index contributed by atoms with van der Waals surface area (Å²) in [7, 11) is 1.65. The van der Waals surface area contributed by atoms with Crippen LogP contribution in [0.1, 0.15) is 0 Å². The summed E-state index contributed by atoms with van der Waals surface area (Å²) in [6, 6.07) is 13.3. The van der Waals surface area contributed by atoms with E-state index in [1.54, 1.807) is 13.2 Å². The van der Waals surface area contributed by atoms with Crippen LogP contribution in [0.4, 0.5) is 5.69 Å². The number of hydrogen-bond donors (Lipinski definition) is 1. The topological polar surface area (TPSA) is 35.2 Å². The van der Waals surface area contributed by atoms with Crippen LogP contribution < -0.4 is 10.5 Å². The summed E-state index contributed by atoms with van der Waals surface area (Å²) < 4.78 is 5.10. The van der Waals surface area contributed by atoms with Gasteiger partial charge in [-0.25, -0.2) is 0 Å². The van der Waals surface area contributed by atoms with Gasteiger partial charge in [-0.3, -0.25) is 0 Å². The highest BCUT2D eigenvalue weighted by Crippen LogP contribution is 2.27. The number of nitrogen functional groups attached to an aromatic ring is 1. The van der Waals surface area contributed by atoms with E-state index < -0.39 is 0 Å². The first-order valence-electron chi connectivity index (χ1n) is 4.89. The molecular weight excluding hydrogens is 222 g/mol. The van der Waals surface area contributed by atoms with Crippen molar-refractivity contribution in [1.82, 2.24) is 0 Å². The molecule has 0 fully saturated rings. The quantitative estimate of drug-likeness (QED) is 0.805. The minimum atomic E-state index is 0.644. The molecule has 0 saturated heterocycles. The Morgan fingerprint density at radius 3 is 2.25 bits per heavy atom. The zero-order chi connectivity index (χ0) is 11.5. The third kappa shape index (κ3) is 2.28. The molecule has 0 aliphatic rings. The summed E-state index contributed by atoms with van der Waals surface area (Å²) in [6.45, 7) is 0. The molecular formula is C13H12ClNO. The van der Waals surface area contributed by atoms with Crippen molar-refractivity contribution in [2.24, 2.45) is 0 Å². The number of hydrogen-bond acceptors (Lipinski definition) is 2. The van der Waals surface area contributed by atoms with Crippen LogP contribution >= 0.6 is 11.6 Å². The zero-order valence-corrected chi connectivity index (χ0v) is 9.66. The van der Waals surface area contributed by atoms with E-state index in [-0.39, 0.29) is 0 Å². The first-order valence-corrected chi connectivity index (χ1v) is 5.27. The fourth-order valence-corrected chi connectivity index (χ4v) is 1.81. The van der Waals surface area contributed by atoms with Crippen LogP contribution in [-0.2, 0) is 0 Å². The molecule has 0 heterocycles. The molecule has 2 N–H and O–H groups in total. The van der Waals surface area contributed by atoms with Crippen LogP contribution in [0.2, 0.25) is 5.02 Å². The van der Waals surface area contributed by atoms with Crippen LogP contribution in [-0.4, -0.2) is 7.11 Å². The Hall–Kier alpha value is -1.67. The molecule has 2 aromatic carbocycles. The highest BCUT2D eigenvalue weighted by atomic mass is 35.5. The lowest BCUT2D eigenvalue weighted by Crippen LogP contribution is -1.87. The van der Waals surface area contributed by atoms with Crippen LogP contribution in [0, 0.1) is 0 Å². The maximum Gasteiger partial charge on any atom is 0.118 e. The van der Waals surface area contributed by atoms with Gasteiger partial charge >= 0.3 is 0 Å². The number of anilines is 1. The number of methoxy groups -OCH3 is 1. The molecule has 0 atom stereocenters. The molecule has 2 rings (SSSR count). The highest BCUT2D eigenvalue weighted by Gasteiger charge is 2.01. The largest absolute Gasteiger partial charge is 0.497 e. The van der Waals surface area contributed by atoms with Crippen molar-refractivity contribution in [3.8, 4) is 16.9 Å². The van der Waals surface area contributed by atoms with Gasteiger partial charge in [-0.1, -0.05) is 23.7 Å². The van der Waals surface area contributed by atoms with Gasteiger partial charge in [-0.2, -0.15) is 0 Å². The number of nitrogens with two attached hydrogens (primary N) is 1. The minimum Gasteiger partial charge on any atom is -0.497 e. The molecule has 16 heavy (non-hydrogen) atoms. The second kappa shape index (κ2) is 4.45. The Morgan fingerprint density at radius 2 is 1.69 bits per heavy atom. The molecule has 2 aromatic rings. The van der Waals surface area contributed by atoms with Gasteiger partial charge in [-0.05, 0) is 41.5 Å². The lowest BCUT2D eigenvalue weighted by molar-refractivity contribution is 0.415. The Kier molecular flexibility index (Phi) is 3.02. The van der Waals surface area contributed by atoms with Crippen LogP contribution in [0.25, 0.3) is 11.1 Å². The van der Waals surface area contributed by atoms with E-state index in [0.29, 0.717) is 10.7 Å². The zero-order valence-electron chi connectivity index (χ0n) is 8.91. The van der Waals surface area contributed by atoms with Crippen molar-refractivity contribution in [3.63, 3.8) is 0 Å². The number of ether oxygens (including phenoxy) is 1. The van der Waals surface area contributed by atoms with Gasteiger partial charge in [0.15, 0.2) is 0 Å². The highest BCUT2D eigenvalue weighted by molar-refractivity contribution is 6.31. The summed E-state index contributed by atoms with van der Waals surface area (Å²) in [5.41, 5.74) is 8.48. The normalized spacial score (nSPS) is 10.1. The van der Waals surface area contributed by atoms with Gasteiger partial charge < -0.3 is 10.5 Å². The maximum absolute atomic E-state index is 5.95. The second-order valence-electron chi connectivity index (χ2n) is 3.50. The summed E-state index contributed by atoms with van der Waals surface area (Å²) in [5, 5.41) is 0.644. The van der Waals surface area contributed by atoms with E-state index in [1.165, 1.54) is 0 Å². The van der Waals surface area contributed by atoms with Crippen molar-refractivity contribution >= 4 is 17.3 Å². The summed E-state index contributed by atoms with van der Waals surface area (Å²) in [6.07, 6.45) is 0. The summed E-state index contributed by atoms with van der Waals surface area (Å²) >= 11 is 5.95. The number of benzene rings is 2. The Morgan fingerprint density at radius 1 is 1.00 bits per heavy atom.